The van der Waals surface area contributed by atoms with Gasteiger partial charge in [0.25, 0.3) is 5.91 Å². The fourth-order valence-electron chi connectivity index (χ4n) is 3.56. The van der Waals surface area contributed by atoms with Gasteiger partial charge in [-0.25, -0.2) is 0 Å². The SMILES string of the molecule is Cc1cc(NC(=O)[C@H](NC(=O)c2ccccc2Br)C(C)C)ccc1N1CCCC1=O. The highest BCUT2D eigenvalue weighted by molar-refractivity contribution is 9.10. The van der Waals surface area contributed by atoms with Gasteiger partial charge in [0.1, 0.15) is 6.04 Å². The Labute approximate surface area is 185 Å². The molecular formula is C23H26BrN3O3. The highest BCUT2D eigenvalue weighted by atomic mass is 79.9. The van der Waals surface area contributed by atoms with Gasteiger partial charge in [0, 0.05) is 28.8 Å². The molecule has 2 N–H and O–H groups in total. The monoisotopic (exact) mass is 471 g/mol. The van der Waals surface area contributed by atoms with Crippen molar-refractivity contribution in [1.82, 2.24) is 5.32 Å². The van der Waals surface area contributed by atoms with Crippen LogP contribution in [0, 0.1) is 12.8 Å². The van der Waals surface area contributed by atoms with Crippen molar-refractivity contribution in [3.63, 3.8) is 0 Å². The van der Waals surface area contributed by atoms with Crippen molar-refractivity contribution in [1.29, 1.82) is 0 Å². The highest BCUT2D eigenvalue weighted by Crippen LogP contribution is 2.27. The molecule has 1 aliphatic heterocycles. The number of carbonyl (C=O) groups excluding carboxylic acids is 3. The minimum atomic E-state index is -0.690. The van der Waals surface area contributed by atoms with Gasteiger partial charge >= 0.3 is 0 Å². The summed E-state index contributed by atoms with van der Waals surface area (Å²) in [5.74, 6) is -0.561. The normalized spacial score (nSPS) is 14.7. The molecule has 0 unspecified atom stereocenters. The first-order valence-corrected chi connectivity index (χ1v) is 10.8. The largest absolute Gasteiger partial charge is 0.340 e. The van der Waals surface area contributed by atoms with E-state index < -0.39 is 6.04 Å². The first-order valence-electron chi connectivity index (χ1n) is 10.0. The van der Waals surface area contributed by atoms with Crippen LogP contribution < -0.4 is 15.5 Å². The van der Waals surface area contributed by atoms with Crippen LogP contribution in [0.25, 0.3) is 0 Å². The van der Waals surface area contributed by atoms with Crippen LogP contribution in [-0.4, -0.2) is 30.3 Å². The molecule has 1 atom stereocenters. The predicted molar refractivity (Wildman–Crippen MR) is 122 cm³/mol. The lowest BCUT2D eigenvalue weighted by Crippen LogP contribution is -2.47. The van der Waals surface area contributed by atoms with E-state index in [1.54, 1.807) is 29.2 Å². The number of hydrogen-bond donors (Lipinski definition) is 2. The minimum Gasteiger partial charge on any atom is -0.340 e. The Morgan fingerprint density at radius 3 is 2.47 bits per heavy atom. The molecule has 7 heteroatoms. The molecule has 0 spiro atoms. The van der Waals surface area contributed by atoms with Gasteiger partial charge < -0.3 is 15.5 Å². The number of carbonyl (C=O) groups is 3. The van der Waals surface area contributed by atoms with Gasteiger partial charge in [-0.05, 0) is 71.1 Å². The predicted octanol–water partition coefficient (Wildman–Crippen LogP) is 4.28. The quantitative estimate of drug-likeness (QED) is 0.659. The van der Waals surface area contributed by atoms with Gasteiger partial charge in [0.15, 0.2) is 0 Å². The summed E-state index contributed by atoms with van der Waals surface area (Å²) in [5.41, 5.74) is 2.90. The zero-order chi connectivity index (χ0) is 21.8. The van der Waals surface area contributed by atoms with E-state index in [0.717, 1.165) is 24.2 Å². The van der Waals surface area contributed by atoms with Gasteiger partial charge in [-0.2, -0.15) is 0 Å². The van der Waals surface area contributed by atoms with Crippen LogP contribution in [0.1, 0.15) is 42.6 Å². The van der Waals surface area contributed by atoms with E-state index in [-0.39, 0.29) is 23.6 Å². The van der Waals surface area contributed by atoms with E-state index >= 15 is 0 Å². The van der Waals surface area contributed by atoms with Crippen LogP contribution in [-0.2, 0) is 9.59 Å². The fraction of sp³-hybridized carbons (Fsp3) is 0.348. The Hall–Kier alpha value is -2.67. The highest BCUT2D eigenvalue weighted by Gasteiger charge is 2.26. The molecule has 1 fully saturated rings. The average Bonchev–Trinajstić information content (AvgIpc) is 3.11. The number of amides is 3. The number of nitrogens with zero attached hydrogens (tertiary/aromatic N) is 1. The summed E-state index contributed by atoms with van der Waals surface area (Å²) in [7, 11) is 0. The van der Waals surface area contributed by atoms with Crippen molar-refractivity contribution in [3.8, 4) is 0 Å². The maximum Gasteiger partial charge on any atom is 0.253 e. The Bertz CT molecular complexity index is 974. The second-order valence-electron chi connectivity index (χ2n) is 7.81. The molecular weight excluding hydrogens is 446 g/mol. The molecule has 0 aliphatic carbocycles. The number of aryl methyl sites for hydroxylation is 1. The maximum atomic E-state index is 12.9. The fourth-order valence-corrected chi connectivity index (χ4v) is 4.02. The van der Waals surface area contributed by atoms with Gasteiger partial charge in [0.05, 0.1) is 5.56 Å². The van der Waals surface area contributed by atoms with Crippen molar-refractivity contribution in [2.45, 2.75) is 39.7 Å². The molecule has 0 saturated carbocycles. The van der Waals surface area contributed by atoms with E-state index in [1.807, 2.05) is 39.0 Å². The van der Waals surface area contributed by atoms with Gasteiger partial charge in [-0.1, -0.05) is 26.0 Å². The summed E-state index contributed by atoms with van der Waals surface area (Å²) in [6.07, 6.45) is 1.44. The zero-order valence-electron chi connectivity index (χ0n) is 17.4. The summed E-state index contributed by atoms with van der Waals surface area (Å²) in [5, 5.41) is 5.73. The molecule has 158 valence electrons. The number of halogens is 1. The third-order valence-electron chi connectivity index (χ3n) is 5.18. The lowest BCUT2D eigenvalue weighted by atomic mass is 10.0. The summed E-state index contributed by atoms with van der Waals surface area (Å²) in [4.78, 5) is 39.4. The molecule has 3 amide bonds. The molecule has 1 aliphatic rings. The number of anilines is 2. The Balaban J connectivity index is 1.72. The molecule has 1 saturated heterocycles. The molecule has 2 aromatic carbocycles. The smallest absolute Gasteiger partial charge is 0.253 e. The minimum absolute atomic E-state index is 0.0981. The van der Waals surface area contributed by atoms with Crippen LogP contribution in [0.2, 0.25) is 0 Å². The van der Waals surface area contributed by atoms with E-state index in [2.05, 4.69) is 26.6 Å². The summed E-state index contributed by atoms with van der Waals surface area (Å²) >= 11 is 3.37. The maximum absolute atomic E-state index is 12.9. The van der Waals surface area contributed by atoms with Crippen LogP contribution in [0.4, 0.5) is 11.4 Å². The van der Waals surface area contributed by atoms with E-state index in [0.29, 0.717) is 22.1 Å². The molecule has 0 radical (unpaired) electrons. The summed E-state index contributed by atoms with van der Waals surface area (Å²) in [6.45, 7) is 6.42. The molecule has 6 nitrogen and oxygen atoms in total. The van der Waals surface area contributed by atoms with E-state index in [4.69, 9.17) is 0 Å². The molecule has 0 bridgehead atoms. The van der Waals surface area contributed by atoms with Crippen molar-refractivity contribution in [2.75, 3.05) is 16.8 Å². The van der Waals surface area contributed by atoms with Crippen molar-refractivity contribution >= 4 is 45.0 Å². The second-order valence-corrected chi connectivity index (χ2v) is 8.67. The first kappa shape index (κ1) is 22.0. The first-order chi connectivity index (χ1) is 14.3. The molecule has 2 aromatic rings. The van der Waals surface area contributed by atoms with Crippen LogP contribution >= 0.6 is 15.9 Å². The van der Waals surface area contributed by atoms with Crippen LogP contribution in [0.15, 0.2) is 46.9 Å². The van der Waals surface area contributed by atoms with Crippen molar-refractivity contribution in [2.24, 2.45) is 5.92 Å². The topological polar surface area (TPSA) is 78.5 Å². The lowest BCUT2D eigenvalue weighted by Gasteiger charge is -2.23. The van der Waals surface area contributed by atoms with Crippen LogP contribution in [0.5, 0.6) is 0 Å². The van der Waals surface area contributed by atoms with Gasteiger partial charge in [0.2, 0.25) is 11.8 Å². The number of nitrogens with one attached hydrogen (secondary N) is 2. The van der Waals surface area contributed by atoms with Crippen molar-refractivity contribution in [3.05, 3.63) is 58.1 Å². The van der Waals surface area contributed by atoms with E-state index in [1.165, 1.54) is 0 Å². The average molecular weight is 472 g/mol. The standard InChI is InChI=1S/C23H26BrN3O3/c1-14(2)21(26-22(29)17-7-4-5-8-18(17)24)23(30)25-16-10-11-19(15(3)13-16)27-12-6-9-20(27)28/h4-5,7-8,10-11,13-14,21H,6,9,12H2,1-3H3,(H,25,30)(H,26,29)/t21-/m1/s1. The molecule has 30 heavy (non-hydrogen) atoms. The van der Waals surface area contributed by atoms with Crippen LogP contribution in [0.3, 0.4) is 0 Å². The molecule has 3 rings (SSSR count). The number of hydrogen-bond acceptors (Lipinski definition) is 3. The molecule has 1 heterocycles. The molecule has 0 aromatic heterocycles. The van der Waals surface area contributed by atoms with Gasteiger partial charge in [-0.3, -0.25) is 14.4 Å². The van der Waals surface area contributed by atoms with Crippen molar-refractivity contribution < 1.29 is 14.4 Å². The Morgan fingerprint density at radius 1 is 1.13 bits per heavy atom. The number of benzene rings is 2. The lowest BCUT2D eigenvalue weighted by molar-refractivity contribution is -0.119. The summed E-state index contributed by atoms with van der Waals surface area (Å²) in [6, 6.07) is 11.9. The number of rotatable bonds is 6. The Morgan fingerprint density at radius 2 is 1.87 bits per heavy atom. The van der Waals surface area contributed by atoms with E-state index in [9.17, 15) is 14.4 Å². The third kappa shape index (κ3) is 4.90. The second kappa shape index (κ2) is 9.43. The van der Waals surface area contributed by atoms with Gasteiger partial charge in [-0.15, -0.1) is 0 Å². The zero-order valence-corrected chi connectivity index (χ0v) is 19.0. The Kier molecular flexibility index (Phi) is 6.92. The third-order valence-corrected chi connectivity index (χ3v) is 5.87. The summed E-state index contributed by atoms with van der Waals surface area (Å²) < 4.78 is 0.674.